The lowest BCUT2D eigenvalue weighted by Gasteiger charge is -2.13. The molecule has 3 nitrogen and oxygen atoms in total. The number of benzene rings is 1. The Morgan fingerprint density at radius 2 is 1.71 bits per heavy atom. The summed E-state index contributed by atoms with van der Waals surface area (Å²) in [6.07, 6.45) is 0. The molecule has 0 atom stereocenters. The topological polar surface area (TPSA) is 40.8 Å². The van der Waals surface area contributed by atoms with Gasteiger partial charge in [0, 0.05) is 11.4 Å². The Kier molecular flexibility index (Phi) is 2.88. The van der Waals surface area contributed by atoms with Crippen LogP contribution in [0.2, 0.25) is 0 Å². The zero-order valence-electron chi connectivity index (χ0n) is 10.3. The second-order valence-corrected chi connectivity index (χ2v) is 4.20. The van der Waals surface area contributed by atoms with Crippen LogP contribution in [0, 0.1) is 32.1 Å². The Balaban J connectivity index is 2.32. The molecule has 0 unspecified atom stereocenters. The number of hydrogen-bond acceptors (Lipinski definition) is 2. The minimum Gasteiger partial charge on any atom is -0.294 e. The normalized spacial score (nSPS) is 10.0. The molecule has 3 heteroatoms. The van der Waals surface area contributed by atoms with E-state index in [2.05, 4.69) is 37.5 Å². The number of nitrogens with zero attached hydrogens (tertiary/aromatic N) is 2. The zero-order chi connectivity index (χ0) is 12.4. The highest BCUT2D eigenvalue weighted by Crippen LogP contribution is 2.16. The van der Waals surface area contributed by atoms with Crippen molar-refractivity contribution < 1.29 is 0 Å². The molecule has 0 saturated carbocycles. The van der Waals surface area contributed by atoms with E-state index in [1.807, 2.05) is 29.8 Å². The number of aryl methyl sites for hydroxylation is 3. The highest BCUT2D eigenvalue weighted by Gasteiger charge is 2.02. The quantitative estimate of drug-likeness (QED) is 0.852. The summed E-state index contributed by atoms with van der Waals surface area (Å²) in [6.45, 7) is 6.05. The van der Waals surface area contributed by atoms with E-state index in [1.54, 1.807) is 0 Å². The molecule has 0 bridgehead atoms. The van der Waals surface area contributed by atoms with Crippen molar-refractivity contribution in [1.29, 1.82) is 5.26 Å². The summed E-state index contributed by atoms with van der Waals surface area (Å²) in [7, 11) is 0. The molecule has 0 amide bonds. The summed E-state index contributed by atoms with van der Waals surface area (Å²) < 4.78 is 2.03. The van der Waals surface area contributed by atoms with Gasteiger partial charge in [0.25, 0.3) is 0 Å². The average Bonchev–Trinajstić information content (AvgIpc) is 2.61. The summed E-state index contributed by atoms with van der Waals surface area (Å²) >= 11 is 0. The van der Waals surface area contributed by atoms with Gasteiger partial charge in [0.1, 0.15) is 0 Å². The molecule has 1 aromatic heterocycles. The van der Waals surface area contributed by atoms with Crippen LogP contribution >= 0.6 is 0 Å². The smallest absolute Gasteiger partial charge is 0.0994 e. The minimum absolute atomic E-state index is 0.719. The Hall–Kier alpha value is -2.21. The van der Waals surface area contributed by atoms with Gasteiger partial charge < -0.3 is 0 Å². The van der Waals surface area contributed by atoms with Gasteiger partial charge in [0.2, 0.25) is 0 Å². The largest absolute Gasteiger partial charge is 0.294 e. The molecule has 1 aromatic carbocycles. The van der Waals surface area contributed by atoms with E-state index < -0.39 is 0 Å². The number of anilines is 1. The predicted molar refractivity (Wildman–Crippen MR) is 68.8 cm³/mol. The van der Waals surface area contributed by atoms with Crippen molar-refractivity contribution in [2.75, 3.05) is 5.43 Å². The highest BCUT2D eigenvalue weighted by molar-refractivity contribution is 5.51. The van der Waals surface area contributed by atoms with Crippen LogP contribution in [-0.4, -0.2) is 4.68 Å². The maximum Gasteiger partial charge on any atom is 0.0994 e. The van der Waals surface area contributed by atoms with E-state index in [0.717, 1.165) is 28.2 Å². The standard InChI is InChI=1S/C14H15N3/c1-10-8-14(7-6-13(10)9-15)16-17-11(2)4-5-12(17)3/h4-8,16H,1-3H3. The van der Waals surface area contributed by atoms with Crippen molar-refractivity contribution in [3.8, 4) is 6.07 Å². The molecule has 2 rings (SSSR count). The van der Waals surface area contributed by atoms with E-state index in [-0.39, 0.29) is 0 Å². The second-order valence-electron chi connectivity index (χ2n) is 4.20. The number of hydrogen-bond donors (Lipinski definition) is 1. The summed E-state index contributed by atoms with van der Waals surface area (Å²) in [5, 5.41) is 8.88. The molecule has 0 aliphatic rings. The van der Waals surface area contributed by atoms with Crippen LogP contribution in [0.25, 0.3) is 0 Å². The summed E-state index contributed by atoms with van der Waals surface area (Å²) in [5.41, 5.74) is 8.33. The van der Waals surface area contributed by atoms with Crippen LogP contribution in [0.15, 0.2) is 30.3 Å². The first-order valence-electron chi connectivity index (χ1n) is 5.54. The fraction of sp³-hybridized carbons (Fsp3) is 0.214. The molecule has 0 aliphatic heterocycles. The van der Waals surface area contributed by atoms with Crippen molar-refractivity contribution in [1.82, 2.24) is 4.68 Å². The SMILES string of the molecule is Cc1cc(Nn2c(C)ccc2C)ccc1C#N. The van der Waals surface area contributed by atoms with Crippen LogP contribution < -0.4 is 5.43 Å². The molecule has 1 N–H and O–H groups in total. The molecule has 0 spiro atoms. The summed E-state index contributed by atoms with van der Waals surface area (Å²) in [5.74, 6) is 0. The number of nitriles is 1. The first-order chi connectivity index (χ1) is 8.11. The van der Waals surface area contributed by atoms with E-state index in [4.69, 9.17) is 5.26 Å². The molecular formula is C14H15N3. The Morgan fingerprint density at radius 1 is 1.06 bits per heavy atom. The third-order valence-corrected chi connectivity index (χ3v) is 2.86. The summed E-state index contributed by atoms with van der Waals surface area (Å²) in [4.78, 5) is 0. The monoisotopic (exact) mass is 225 g/mol. The van der Waals surface area contributed by atoms with E-state index >= 15 is 0 Å². The van der Waals surface area contributed by atoms with Gasteiger partial charge in [-0.15, -0.1) is 0 Å². The van der Waals surface area contributed by atoms with Gasteiger partial charge in [-0.3, -0.25) is 10.1 Å². The average molecular weight is 225 g/mol. The van der Waals surface area contributed by atoms with Gasteiger partial charge in [0.05, 0.1) is 17.3 Å². The van der Waals surface area contributed by atoms with Crippen LogP contribution in [0.5, 0.6) is 0 Å². The highest BCUT2D eigenvalue weighted by atomic mass is 15.4. The number of aromatic nitrogens is 1. The van der Waals surface area contributed by atoms with Crippen molar-refractivity contribution in [3.63, 3.8) is 0 Å². The number of nitrogens with one attached hydrogen (secondary N) is 1. The second kappa shape index (κ2) is 4.34. The lowest BCUT2D eigenvalue weighted by Crippen LogP contribution is -2.12. The van der Waals surface area contributed by atoms with Gasteiger partial charge >= 0.3 is 0 Å². The van der Waals surface area contributed by atoms with E-state index in [9.17, 15) is 0 Å². The van der Waals surface area contributed by atoms with E-state index in [1.165, 1.54) is 0 Å². The molecule has 17 heavy (non-hydrogen) atoms. The van der Waals surface area contributed by atoms with Gasteiger partial charge in [-0.2, -0.15) is 5.26 Å². The zero-order valence-corrected chi connectivity index (χ0v) is 10.3. The minimum atomic E-state index is 0.719. The van der Waals surface area contributed by atoms with E-state index in [0.29, 0.717) is 0 Å². The van der Waals surface area contributed by atoms with Crippen molar-refractivity contribution in [2.24, 2.45) is 0 Å². The molecule has 0 saturated heterocycles. The Morgan fingerprint density at radius 3 is 2.24 bits per heavy atom. The maximum atomic E-state index is 8.88. The van der Waals surface area contributed by atoms with Crippen LogP contribution in [-0.2, 0) is 0 Å². The van der Waals surface area contributed by atoms with Crippen LogP contribution in [0.3, 0.4) is 0 Å². The molecule has 0 radical (unpaired) electrons. The maximum absolute atomic E-state index is 8.88. The fourth-order valence-corrected chi connectivity index (χ4v) is 1.83. The van der Waals surface area contributed by atoms with Gasteiger partial charge in [0.15, 0.2) is 0 Å². The van der Waals surface area contributed by atoms with Crippen LogP contribution in [0.1, 0.15) is 22.5 Å². The first kappa shape index (κ1) is 11.3. The Bertz CT molecular complexity index is 569. The predicted octanol–water partition coefficient (Wildman–Crippen LogP) is 3.16. The number of rotatable bonds is 2. The van der Waals surface area contributed by atoms with Crippen molar-refractivity contribution in [3.05, 3.63) is 52.8 Å². The first-order valence-corrected chi connectivity index (χ1v) is 5.54. The third-order valence-electron chi connectivity index (χ3n) is 2.86. The molecule has 0 fully saturated rings. The Labute approximate surface area is 101 Å². The molecule has 2 aromatic rings. The lowest BCUT2D eigenvalue weighted by molar-refractivity contribution is 0.881. The van der Waals surface area contributed by atoms with Crippen LogP contribution in [0.4, 0.5) is 5.69 Å². The molecular weight excluding hydrogens is 210 g/mol. The van der Waals surface area contributed by atoms with Gasteiger partial charge in [-0.05, 0) is 56.7 Å². The van der Waals surface area contributed by atoms with Crippen molar-refractivity contribution in [2.45, 2.75) is 20.8 Å². The molecule has 1 heterocycles. The third kappa shape index (κ3) is 2.16. The van der Waals surface area contributed by atoms with Crippen molar-refractivity contribution >= 4 is 5.69 Å². The van der Waals surface area contributed by atoms with Gasteiger partial charge in [-0.25, -0.2) is 0 Å². The van der Waals surface area contributed by atoms with Gasteiger partial charge in [-0.1, -0.05) is 0 Å². The molecule has 86 valence electrons. The molecule has 0 aliphatic carbocycles. The lowest BCUT2D eigenvalue weighted by atomic mass is 10.1. The fourth-order valence-electron chi connectivity index (χ4n) is 1.83. The summed E-state index contributed by atoms with van der Waals surface area (Å²) in [6, 6.07) is 12.0.